The zero-order chi connectivity index (χ0) is 24.9. The van der Waals surface area contributed by atoms with Crippen molar-refractivity contribution in [2.45, 2.75) is 51.7 Å². The van der Waals surface area contributed by atoms with Crippen molar-refractivity contribution in [1.82, 2.24) is 14.8 Å². The summed E-state index contributed by atoms with van der Waals surface area (Å²) in [5.74, 6) is 1.02. The molecule has 0 spiro atoms. The maximum Gasteiger partial charge on any atom is 0.273 e. The van der Waals surface area contributed by atoms with E-state index >= 15 is 0 Å². The van der Waals surface area contributed by atoms with Crippen LogP contribution in [0.15, 0.2) is 60.0 Å². The van der Waals surface area contributed by atoms with E-state index in [1.165, 1.54) is 0 Å². The van der Waals surface area contributed by atoms with E-state index in [4.69, 9.17) is 9.72 Å². The number of amides is 2. The number of carbonyl (C=O) groups is 2. The fraction of sp³-hybridized carbons (Fsp3) is 0.393. The van der Waals surface area contributed by atoms with Crippen LogP contribution in [0.25, 0.3) is 0 Å². The third kappa shape index (κ3) is 5.90. The van der Waals surface area contributed by atoms with Gasteiger partial charge in [-0.05, 0) is 63.4 Å². The highest BCUT2D eigenvalue weighted by molar-refractivity contribution is 7.09. The number of hydrogen-bond donors (Lipinski definition) is 0. The highest BCUT2D eigenvalue weighted by Crippen LogP contribution is 2.32. The van der Waals surface area contributed by atoms with E-state index < -0.39 is 0 Å². The molecule has 2 aromatic carbocycles. The Balaban J connectivity index is 1.33. The van der Waals surface area contributed by atoms with E-state index in [-0.39, 0.29) is 29.9 Å². The number of benzene rings is 2. The molecule has 1 aliphatic heterocycles. The van der Waals surface area contributed by atoms with E-state index in [1.54, 1.807) is 16.2 Å². The van der Waals surface area contributed by atoms with Gasteiger partial charge in [0.1, 0.15) is 11.4 Å². The number of ether oxygens (including phenoxy) is 1. The smallest absolute Gasteiger partial charge is 0.273 e. The second kappa shape index (κ2) is 11.0. The lowest BCUT2D eigenvalue weighted by Crippen LogP contribution is -2.37. The fourth-order valence-corrected chi connectivity index (χ4v) is 5.31. The normalized spacial score (nSPS) is 15.2. The van der Waals surface area contributed by atoms with Gasteiger partial charge in [0.25, 0.3) is 11.8 Å². The van der Waals surface area contributed by atoms with Crippen molar-refractivity contribution in [1.29, 1.82) is 0 Å². The minimum absolute atomic E-state index is 0.0332. The average molecular weight is 492 g/mol. The number of hydrogen-bond acceptors (Lipinski definition) is 5. The first-order valence-electron chi connectivity index (χ1n) is 12.2. The second-order valence-corrected chi connectivity index (χ2v) is 10.2. The highest BCUT2D eigenvalue weighted by atomic mass is 32.1. The fourth-order valence-electron chi connectivity index (χ4n) is 4.35. The summed E-state index contributed by atoms with van der Waals surface area (Å²) in [5, 5.41) is 2.85. The van der Waals surface area contributed by atoms with Crippen LogP contribution in [-0.4, -0.2) is 52.8 Å². The van der Waals surface area contributed by atoms with Gasteiger partial charge < -0.3 is 14.5 Å². The zero-order valence-electron chi connectivity index (χ0n) is 20.8. The van der Waals surface area contributed by atoms with Crippen LogP contribution in [0.1, 0.15) is 77.0 Å². The minimum Gasteiger partial charge on any atom is -0.491 e. The molecule has 1 aliphatic rings. The molecule has 1 atom stereocenters. The summed E-state index contributed by atoms with van der Waals surface area (Å²) in [6.07, 6.45) is 1.79. The largest absolute Gasteiger partial charge is 0.491 e. The molecule has 2 amide bonds. The van der Waals surface area contributed by atoms with Crippen LogP contribution in [-0.2, 0) is 0 Å². The topological polar surface area (TPSA) is 62.7 Å². The van der Waals surface area contributed by atoms with Gasteiger partial charge in [0, 0.05) is 37.0 Å². The molecule has 0 bridgehead atoms. The number of likely N-dealkylation sites (tertiary alicyclic amines) is 1. The third-order valence-electron chi connectivity index (χ3n) is 6.53. The Morgan fingerprint density at radius 2 is 1.69 bits per heavy atom. The zero-order valence-corrected chi connectivity index (χ0v) is 21.6. The summed E-state index contributed by atoms with van der Waals surface area (Å²) >= 11 is 1.55. The van der Waals surface area contributed by atoms with Gasteiger partial charge in [-0.1, -0.05) is 30.3 Å². The van der Waals surface area contributed by atoms with Crippen LogP contribution in [0.4, 0.5) is 0 Å². The first kappa shape index (κ1) is 24.9. The molecule has 0 radical (unpaired) electrons. The molecule has 1 aromatic heterocycles. The molecule has 35 heavy (non-hydrogen) atoms. The maximum atomic E-state index is 13.0. The van der Waals surface area contributed by atoms with Crippen LogP contribution >= 0.6 is 11.3 Å². The average Bonchev–Trinajstić information content (AvgIpc) is 3.38. The van der Waals surface area contributed by atoms with E-state index in [2.05, 4.69) is 0 Å². The number of carbonyl (C=O) groups excluding carboxylic acids is 2. The number of nitrogens with zero attached hydrogens (tertiary/aromatic N) is 3. The summed E-state index contributed by atoms with van der Waals surface area (Å²) in [4.78, 5) is 34.3. The Morgan fingerprint density at radius 1 is 1.03 bits per heavy atom. The van der Waals surface area contributed by atoms with Crippen LogP contribution < -0.4 is 4.74 Å². The van der Waals surface area contributed by atoms with Crippen molar-refractivity contribution in [2.24, 2.45) is 0 Å². The lowest BCUT2D eigenvalue weighted by atomic mass is 9.97. The summed E-state index contributed by atoms with van der Waals surface area (Å²) in [6, 6.07) is 17.3. The van der Waals surface area contributed by atoms with Crippen molar-refractivity contribution in [3.63, 3.8) is 0 Å². The van der Waals surface area contributed by atoms with Crippen molar-refractivity contribution in [3.8, 4) is 5.75 Å². The molecule has 1 saturated heterocycles. The molecule has 1 unspecified atom stereocenters. The lowest BCUT2D eigenvalue weighted by molar-refractivity contribution is 0.0712. The first-order valence-corrected chi connectivity index (χ1v) is 13.0. The van der Waals surface area contributed by atoms with E-state index in [9.17, 15) is 9.59 Å². The Kier molecular flexibility index (Phi) is 7.86. The van der Waals surface area contributed by atoms with Gasteiger partial charge >= 0.3 is 0 Å². The predicted octanol–water partition coefficient (Wildman–Crippen LogP) is 5.78. The number of rotatable bonds is 7. The molecule has 4 rings (SSSR count). The lowest BCUT2D eigenvalue weighted by Gasteiger charge is -2.31. The molecule has 2 heterocycles. The highest BCUT2D eigenvalue weighted by Gasteiger charge is 2.28. The molecule has 0 saturated carbocycles. The van der Waals surface area contributed by atoms with Crippen LogP contribution in [0.3, 0.4) is 0 Å². The molecule has 0 N–H and O–H groups in total. The Morgan fingerprint density at radius 3 is 2.31 bits per heavy atom. The van der Waals surface area contributed by atoms with Gasteiger partial charge in [0.05, 0.1) is 17.2 Å². The van der Waals surface area contributed by atoms with Crippen molar-refractivity contribution in [3.05, 3.63) is 81.8 Å². The van der Waals surface area contributed by atoms with Gasteiger partial charge in [-0.2, -0.15) is 0 Å². The molecule has 7 heteroatoms. The molecule has 3 aromatic rings. The summed E-state index contributed by atoms with van der Waals surface area (Å²) in [6.45, 7) is 7.35. The van der Waals surface area contributed by atoms with Gasteiger partial charge in [-0.15, -0.1) is 11.3 Å². The molecule has 184 valence electrons. The number of thiazole rings is 1. The van der Waals surface area contributed by atoms with Gasteiger partial charge in [0.15, 0.2) is 0 Å². The number of piperidine rings is 1. The summed E-state index contributed by atoms with van der Waals surface area (Å²) in [5.41, 5.74) is 2.27. The Labute approximate surface area is 211 Å². The standard InChI is InChI=1S/C28H33N3O3S/c1-19(2)34-24-12-10-23(11-13-24)27(32)31-16-14-22(15-17-31)26-29-25(18-35-26)28(33)30(4)20(3)21-8-6-5-7-9-21/h5-13,18-20,22H,14-17H2,1-4H3. The maximum absolute atomic E-state index is 13.0. The SMILES string of the molecule is CC(C)Oc1ccc(C(=O)N2CCC(c3nc(C(=O)N(C)C(C)c4ccccc4)cs3)CC2)cc1. The predicted molar refractivity (Wildman–Crippen MR) is 139 cm³/mol. The number of aromatic nitrogens is 1. The summed E-state index contributed by atoms with van der Waals surface area (Å²) in [7, 11) is 1.82. The van der Waals surface area contributed by atoms with Gasteiger partial charge in [-0.3, -0.25) is 9.59 Å². The second-order valence-electron chi connectivity index (χ2n) is 9.33. The van der Waals surface area contributed by atoms with Gasteiger partial charge in [-0.25, -0.2) is 4.98 Å². The molecule has 0 aliphatic carbocycles. The van der Waals surface area contributed by atoms with Crippen LogP contribution in [0.5, 0.6) is 5.75 Å². The first-order chi connectivity index (χ1) is 16.8. The molecular formula is C28H33N3O3S. The van der Waals surface area contributed by atoms with Crippen molar-refractivity contribution >= 4 is 23.2 Å². The third-order valence-corrected chi connectivity index (χ3v) is 7.54. The molecular weight excluding hydrogens is 458 g/mol. The van der Waals surface area contributed by atoms with Crippen LogP contribution in [0.2, 0.25) is 0 Å². The Hall–Kier alpha value is -3.19. The molecule has 6 nitrogen and oxygen atoms in total. The Bertz CT molecular complexity index is 1140. The molecule has 1 fully saturated rings. The van der Waals surface area contributed by atoms with E-state index in [0.717, 1.165) is 29.2 Å². The van der Waals surface area contributed by atoms with E-state index in [1.807, 2.05) is 92.7 Å². The van der Waals surface area contributed by atoms with Crippen molar-refractivity contribution in [2.75, 3.05) is 20.1 Å². The van der Waals surface area contributed by atoms with Crippen LogP contribution in [0, 0.1) is 0 Å². The monoisotopic (exact) mass is 491 g/mol. The summed E-state index contributed by atoms with van der Waals surface area (Å²) < 4.78 is 5.67. The minimum atomic E-state index is -0.0682. The van der Waals surface area contributed by atoms with Crippen molar-refractivity contribution < 1.29 is 14.3 Å². The van der Waals surface area contributed by atoms with E-state index in [0.29, 0.717) is 24.3 Å². The quantitative estimate of drug-likeness (QED) is 0.420. The van der Waals surface area contributed by atoms with Gasteiger partial charge in [0.2, 0.25) is 0 Å².